The van der Waals surface area contributed by atoms with Gasteiger partial charge in [0.25, 0.3) is 0 Å². The molecule has 0 radical (unpaired) electrons. The van der Waals surface area contributed by atoms with Gasteiger partial charge in [-0.2, -0.15) is 0 Å². The van der Waals surface area contributed by atoms with Crippen molar-refractivity contribution in [3.8, 4) is 0 Å². The van der Waals surface area contributed by atoms with Gasteiger partial charge in [0.15, 0.2) is 0 Å². The molecule has 0 amide bonds. The molecule has 1 N–H and O–H groups in total. The van der Waals surface area contributed by atoms with Gasteiger partial charge in [-0.05, 0) is 0 Å². The molecule has 0 spiro atoms. The van der Waals surface area contributed by atoms with Crippen LogP contribution in [0.2, 0.25) is 0 Å². The molecule has 0 aliphatic rings. The van der Waals surface area contributed by atoms with Gasteiger partial charge in [-0.1, -0.05) is 0 Å². The summed E-state index contributed by atoms with van der Waals surface area (Å²) >= 11 is 0. The van der Waals surface area contributed by atoms with E-state index in [1.807, 2.05) is 0 Å². The Balaban J connectivity index is -0.0000000817. The first-order valence-electron chi connectivity index (χ1n) is 2.59. The second-order valence-corrected chi connectivity index (χ2v) is 1.33. The standard InChI is InChI=1S/C5H12O3.Sr.2H/c1-7-4-5-8-3-2-6;;;/h6H,2-5H2,1H3;;;/q;+2;2*-1. The molecule has 4 heteroatoms. The van der Waals surface area contributed by atoms with Crippen molar-refractivity contribution in [3.05, 3.63) is 0 Å². The average molecular weight is 210 g/mol. The Labute approximate surface area is 95.6 Å². The molecular formula is C5H14O3Sr. The molecule has 0 aromatic carbocycles. The number of hydrogen-bond acceptors (Lipinski definition) is 3. The summed E-state index contributed by atoms with van der Waals surface area (Å²) in [7, 11) is 1.61. The summed E-state index contributed by atoms with van der Waals surface area (Å²) in [5, 5.41) is 8.20. The third kappa shape index (κ3) is 12.5. The van der Waals surface area contributed by atoms with Gasteiger partial charge >= 0.3 is 45.5 Å². The largest absolute Gasteiger partial charge is 2.00 e. The average Bonchev–Trinajstić information content (AvgIpc) is 1.81. The molecule has 0 aliphatic carbocycles. The summed E-state index contributed by atoms with van der Waals surface area (Å²) in [5.74, 6) is 0. The van der Waals surface area contributed by atoms with Crippen LogP contribution >= 0.6 is 0 Å². The van der Waals surface area contributed by atoms with Crippen LogP contribution in [0.1, 0.15) is 2.85 Å². The monoisotopic (exact) mass is 210 g/mol. The minimum Gasteiger partial charge on any atom is -1.00 e. The van der Waals surface area contributed by atoms with Crippen LogP contribution < -0.4 is 0 Å². The Kier molecular flexibility index (Phi) is 17.4. The van der Waals surface area contributed by atoms with E-state index in [0.29, 0.717) is 19.8 Å². The summed E-state index contributed by atoms with van der Waals surface area (Å²) in [6, 6.07) is 0. The van der Waals surface area contributed by atoms with Crippen LogP contribution in [0.4, 0.5) is 0 Å². The van der Waals surface area contributed by atoms with Gasteiger partial charge < -0.3 is 17.4 Å². The third-order valence-electron chi connectivity index (χ3n) is 0.667. The first-order chi connectivity index (χ1) is 3.91. The maximum Gasteiger partial charge on any atom is 2.00 e. The molecule has 9 heavy (non-hydrogen) atoms. The number of aliphatic hydroxyl groups is 1. The number of rotatable bonds is 5. The third-order valence-corrected chi connectivity index (χ3v) is 0.667. The molecule has 3 nitrogen and oxygen atoms in total. The van der Waals surface area contributed by atoms with E-state index in [-0.39, 0.29) is 54.9 Å². The molecule has 0 fully saturated rings. The molecule has 0 aromatic rings. The minimum absolute atomic E-state index is 0. The fourth-order valence-corrected chi connectivity index (χ4v) is 0.309. The Bertz CT molecular complexity index is 44.7. The summed E-state index contributed by atoms with van der Waals surface area (Å²) in [6.07, 6.45) is 0. The van der Waals surface area contributed by atoms with Gasteiger partial charge in [0.05, 0.1) is 26.4 Å². The van der Waals surface area contributed by atoms with E-state index in [9.17, 15) is 0 Å². The Morgan fingerprint density at radius 1 is 1.33 bits per heavy atom. The summed E-state index contributed by atoms with van der Waals surface area (Å²) in [6.45, 7) is 1.66. The number of methoxy groups -OCH3 is 1. The SMILES string of the molecule is COCCOCCO.[H-].[H-].[Sr+2]. The molecule has 0 aliphatic heterocycles. The predicted octanol–water partition coefficient (Wildman–Crippen LogP) is -0.514. The number of hydrogen-bond donors (Lipinski definition) is 1. The van der Waals surface area contributed by atoms with Gasteiger partial charge in [0, 0.05) is 7.11 Å². The predicted molar refractivity (Wildman–Crippen MR) is 37.8 cm³/mol. The van der Waals surface area contributed by atoms with Crippen LogP contribution in [0.15, 0.2) is 0 Å². The molecular weight excluding hydrogens is 196 g/mol. The van der Waals surface area contributed by atoms with E-state index in [2.05, 4.69) is 4.74 Å². The second-order valence-electron chi connectivity index (χ2n) is 1.33. The van der Waals surface area contributed by atoms with Crippen molar-refractivity contribution in [3.63, 3.8) is 0 Å². The van der Waals surface area contributed by atoms with E-state index in [4.69, 9.17) is 9.84 Å². The second kappa shape index (κ2) is 12.1. The molecule has 0 bridgehead atoms. The zero-order chi connectivity index (χ0) is 6.24. The van der Waals surface area contributed by atoms with E-state index < -0.39 is 0 Å². The molecule has 0 atom stereocenters. The summed E-state index contributed by atoms with van der Waals surface area (Å²) in [4.78, 5) is 0. The van der Waals surface area contributed by atoms with E-state index in [1.165, 1.54) is 0 Å². The van der Waals surface area contributed by atoms with Crippen LogP contribution in [0.5, 0.6) is 0 Å². The quantitative estimate of drug-likeness (QED) is 0.490. The zero-order valence-electron chi connectivity index (χ0n) is 7.80. The molecule has 0 heterocycles. The number of ether oxygens (including phenoxy) is 2. The minimum atomic E-state index is 0. The smallest absolute Gasteiger partial charge is 1.00 e. The van der Waals surface area contributed by atoms with E-state index in [1.54, 1.807) is 7.11 Å². The topological polar surface area (TPSA) is 38.7 Å². The van der Waals surface area contributed by atoms with Crippen molar-refractivity contribution in [1.82, 2.24) is 0 Å². The Morgan fingerprint density at radius 3 is 2.44 bits per heavy atom. The molecule has 0 rings (SSSR count). The number of aliphatic hydroxyl groups excluding tert-OH is 1. The van der Waals surface area contributed by atoms with Gasteiger partial charge in [-0.15, -0.1) is 0 Å². The van der Waals surface area contributed by atoms with E-state index in [0.717, 1.165) is 0 Å². The fraction of sp³-hybridized carbons (Fsp3) is 1.00. The van der Waals surface area contributed by atoms with Crippen molar-refractivity contribution < 1.29 is 17.4 Å². The van der Waals surface area contributed by atoms with Crippen LogP contribution in [0.3, 0.4) is 0 Å². The van der Waals surface area contributed by atoms with E-state index >= 15 is 0 Å². The Hall–Kier alpha value is 1.36. The first kappa shape index (κ1) is 13.0. The summed E-state index contributed by atoms with van der Waals surface area (Å²) < 4.78 is 9.53. The van der Waals surface area contributed by atoms with Crippen molar-refractivity contribution in [1.29, 1.82) is 0 Å². The normalized spacial score (nSPS) is 8.67. The van der Waals surface area contributed by atoms with Crippen LogP contribution in [0.25, 0.3) is 0 Å². The van der Waals surface area contributed by atoms with Crippen molar-refractivity contribution in [2.75, 3.05) is 33.5 Å². The fourth-order valence-electron chi connectivity index (χ4n) is 0.309. The zero-order valence-corrected chi connectivity index (χ0v) is 9.28. The van der Waals surface area contributed by atoms with Crippen molar-refractivity contribution >= 4 is 45.5 Å². The molecule has 0 aromatic heterocycles. The maximum atomic E-state index is 8.20. The Morgan fingerprint density at radius 2 is 2.00 bits per heavy atom. The first-order valence-corrected chi connectivity index (χ1v) is 2.59. The summed E-state index contributed by atoms with van der Waals surface area (Å²) in [5.41, 5.74) is 0. The van der Waals surface area contributed by atoms with Crippen LogP contribution in [-0.2, 0) is 9.47 Å². The van der Waals surface area contributed by atoms with Crippen molar-refractivity contribution in [2.24, 2.45) is 0 Å². The van der Waals surface area contributed by atoms with Crippen LogP contribution in [-0.4, -0.2) is 84.1 Å². The molecule has 0 saturated heterocycles. The van der Waals surface area contributed by atoms with Gasteiger partial charge in [0.1, 0.15) is 0 Å². The van der Waals surface area contributed by atoms with Crippen LogP contribution in [0, 0.1) is 0 Å². The van der Waals surface area contributed by atoms with Gasteiger partial charge in [-0.3, -0.25) is 0 Å². The van der Waals surface area contributed by atoms with Gasteiger partial charge in [0.2, 0.25) is 0 Å². The van der Waals surface area contributed by atoms with Crippen molar-refractivity contribution in [2.45, 2.75) is 0 Å². The van der Waals surface area contributed by atoms with Gasteiger partial charge in [-0.25, -0.2) is 0 Å². The molecule has 0 saturated carbocycles. The molecule has 54 valence electrons. The maximum absolute atomic E-state index is 8.20. The molecule has 0 unspecified atom stereocenters.